The van der Waals surface area contributed by atoms with Gasteiger partial charge in [-0.2, -0.15) is 0 Å². The van der Waals surface area contributed by atoms with Gasteiger partial charge in [-0.3, -0.25) is 9.69 Å². The van der Waals surface area contributed by atoms with Crippen LogP contribution in [-0.2, 0) is 16.0 Å². The molecule has 32 heavy (non-hydrogen) atoms. The predicted octanol–water partition coefficient (Wildman–Crippen LogP) is 2.89. The molecule has 1 aromatic heterocycles. The Morgan fingerprint density at radius 1 is 1.41 bits per heavy atom. The first-order valence-electron chi connectivity index (χ1n) is 11.0. The molecule has 2 aromatic rings. The molecule has 1 aromatic carbocycles. The number of ether oxygens (including phenoxy) is 2. The van der Waals surface area contributed by atoms with Gasteiger partial charge in [0.15, 0.2) is 0 Å². The van der Waals surface area contributed by atoms with Crippen molar-refractivity contribution in [3.05, 3.63) is 51.7 Å². The molecule has 0 unspecified atom stereocenters. The SMILES string of the molecule is C#CCOC[C@H](O)CN(CC)CC(=O)N1CCc2sccc2[C@H]1COc1ccccc1C. The van der Waals surface area contributed by atoms with E-state index in [1.54, 1.807) is 11.3 Å². The van der Waals surface area contributed by atoms with Gasteiger partial charge in [0.1, 0.15) is 19.0 Å². The van der Waals surface area contributed by atoms with Gasteiger partial charge in [-0.1, -0.05) is 31.0 Å². The second-order valence-corrected chi connectivity index (χ2v) is 8.93. The summed E-state index contributed by atoms with van der Waals surface area (Å²) in [5.74, 6) is 3.27. The fraction of sp³-hybridized carbons (Fsp3) is 0.480. The van der Waals surface area contributed by atoms with Crippen LogP contribution in [0.4, 0.5) is 0 Å². The molecule has 1 N–H and O–H groups in total. The molecule has 1 amide bonds. The summed E-state index contributed by atoms with van der Waals surface area (Å²) >= 11 is 1.74. The van der Waals surface area contributed by atoms with Crippen molar-refractivity contribution in [1.82, 2.24) is 9.80 Å². The highest BCUT2D eigenvalue weighted by molar-refractivity contribution is 7.10. The summed E-state index contributed by atoms with van der Waals surface area (Å²) in [6, 6.07) is 9.91. The lowest BCUT2D eigenvalue weighted by Gasteiger charge is -2.37. The normalized spacial score (nSPS) is 16.5. The molecule has 6 nitrogen and oxygen atoms in total. The zero-order valence-corrected chi connectivity index (χ0v) is 19.6. The smallest absolute Gasteiger partial charge is 0.237 e. The molecule has 0 saturated carbocycles. The van der Waals surface area contributed by atoms with Crippen molar-refractivity contribution in [2.24, 2.45) is 0 Å². The van der Waals surface area contributed by atoms with Crippen molar-refractivity contribution in [2.75, 3.05) is 46.0 Å². The molecule has 0 fully saturated rings. The van der Waals surface area contributed by atoms with Crippen LogP contribution in [0.3, 0.4) is 0 Å². The number of aliphatic hydroxyl groups excluding tert-OH is 1. The van der Waals surface area contributed by atoms with Crippen molar-refractivity contribution < 1.29 is 19.4 Å². The van der Waals surface area contributed by atoms with Crippen LogP contribution in [0, 0.1) is 19.3 Å². The van der Waals surface area contributed by atoms with E-state index >= 15 is 0 Å². The van der Waals surface area contributed by atoms with Gasteiger partial charge in [0.2, 0.25) is 5.91 Å². The maximum Gasteiger partial charge on any atom is 0.237 e. The third kappa shape index (κ3) is 6.33. The average molecular weight is 457 g/mol. The summed E-state index contributed by atoms with van der Waals surface area (Å²) < 4.78 is 11.4. The van der Waals surface area contributed by atoms with Crippen LogP contribution < -0.4 is 4.74 Å². The Labute approximate surface area is 194 Å². The molecule has 0 radical (unpaired) electrons. The van der Waals surface area contributed by atoms with Gasteiger partial charge in [0.05, 0.1) is 25.3 Å². The minimum absolute atomic E-state index is 0.0406. The fourth-order valence-corrected chi connectivity index (χ4v) is 4.88. The van der Waals surface area contributed by atoms with Crippen LogP contribution in [0.15, 0.2) is 35.7 Å². The molecule has 2 heterocycles. The summed E-state index contributed by atoms with van der Waals surface area (Å²) in [5, 5.41) is 12.3. The van der Waals surface area contributed by atoms with Gasteiger partial charge >= 0.3 is 0 Å². The average Bonchev–Trinajstić information content (AvgIpc) is 3.27. The number of aryl methyl sites for hydroxylation is 1. The Bertz CT molecular complexity index is 923. The summed E-state index contributed by atoms with van der Waals surface area (Å²) in [4.78, 5) is 18.5. The lowest BCUT2D eigenvalue weighted by atomic mass is 10.0. The number of aliphatic hydroxyl groups is 1. The van der Waals surface area contributed by atoms with Crippen molar-refractivity contribution in [1.29, 1.82) is 0 Å². The van der Waals surface area contributed by atoms with Crippen LogP contribution in [0.5, 0.6) is 5.75 Å². The number of hydrogen-bond acceptors (Lipinski definition) is 6. The first-order valence-corrected chi connectivity index (χ1v) is 11.9. The largest absolute Gasteiger partial charge is 0.491 e. The maximum atomic E-state index is 13.3. The second kappa shape index (κ2) is 12.0. The van der Waals surface area contributed by atoms with Gasteiger partial charge in [0, 0.05) is 18.0 Å². The number of benzene rings is 1. The van der Waals surface area contributed by atoms with Crippen molar-refractivity contribution in [3.63, 3.8) is 0 Å². The Hall–Kier alpha value is -2.37. The number of amides is 1. The number of carbonyl (C=O) groups is 1. The first-order chi connectivity index (χ1) is 15.5. The van der Waals surface area contributed by atoms with Crippen molar-refractivity contribution >= 4 is 17.2 Å². The highest BCUT2D eigenvalue weighted by Crippen LogP contribution is 2.34. The number of para-hydroxylation sites is 1. The minimum atomic E-state index is -0.693. The summed E-state index contributed by atoms with van der Waals surface area (Å²) in [6.45, 7) is 6.65. The zero-order valence-electron chi connectivity index (χ0n) is 18.8. The van der Waals surface area contributed by atoms with Crippen LogP contribution in [-0.4, -0.2) is 72.9 Å². The van der Waals surface area contributed by atoms with E-state index in [0.717, 1.165) is 17.7 Å². The van der Waals surface area contributed by atoms with Gasteiger partial charge < -0.3 is 19.5 Å². The molecule has 1 aliphatic rings. The molecule has 0 saturated heterocycles. The lowest BCUT2D eigenvalue weighted by molar-refractivity contribution is -0.136. The minimum Gasteiger partial charge on any atom is -0.491 e. The molecule has 0 bridgehead atoms. The number of thiophene rings is 1. The third-order valence-corrected chi connectivity index (χ3v) is 6.67. The first kappa shape index (κ1) is 24.3. The molecule has 2 atom stereocenters. The van der Waals surface area contributed by atoms with Crippen LogP contribution in [0.1, 0.15) is 29.0 Å². The zero-order chi connectivity index (χ0) is 22.9. The Balaban J connectivity index is 1.66. The number of hydrogen-bond donors (Lipinski definition) is 1. The highest BCUT2D eigenvalue weighted by atomic mass is 32.1. The molecule has 3 rings (SSSR count). The molecule has 1 aliphatic heterocycles. The van der Waals surface area contributed by atoms with E-state index in [4.69, 9.17) is 15.9 Å². The molecule has 0 spiro atoms. The number of fused-ring (bicyclic) bond motifs is 1. The number of carbonyl (C=O) groups excluding carboxylic acids is 1. The van der Waals surface area contributed by atoms with E-state index in [-0.39, 0.29) is 31.7 Å². The van der Waals surface area contributed by atoms with E-state index in [1.807, 2.05) is 47.9 Å². The summed E-state index contributed by atoms with van der Waals surface area (Å²) in [5.41, 5.74) is 2.25. The van der Waals surface area contributed by atoms with Gasteiger partial charge in [-0.15, -0.1) is 17.8 Å². The number of likely N-dealkylation sites (N-methyl/N-ethyl adjacent to an activating group) is 1. The van der Waals surface area contributed by atoms with Crippen molar-refractivity contribution in [2.45, 2.75) is 32.4 Å². The van der Waals surface area contributed by atoms with Gasteiger partial charge in [-0.05, 0) is 48.5 Å². The van der Waals surface area contributed by atoms with Crippen molar-refractivity contribution in [3.8, 4) is 18.1 Å². The van der Waals surface area contributed by atoms with E-state index in [0.29, 0.717) is 26.2 Å². The second-order valence-electron chi connectivity index (χ2n) is 7.93. The van der Waals surface area contributed by atoms with Gasteiger partial charge in [0.25, 0.3) is 0 Å². The maximum absolute atomic E-state index is 13.3. The number of rotatable bonds is 11. The number of terminal acetylenes is 1. The van der Waals surface area contributed by atoms with Crippen LogP contribution in [0.2, 0.25) is 0 Å². The fourth-order valence-electron chi connectivity index (χ4n) is 3.95. The Morgan fingerprint density at radius 3 is 2.97 bits per heavy atom. The monoisotopic (exact) mass is 456 g/mol. The lowest BCUT2D eigenvalue weighted by Crippen LogP contribution is -2.48. The standard InChI is InChI=1S/C25H32N2O4S/c1-4-13-30-17-20(28)15-26(5-2)16-25(29)27-12-10-24-21(11-14-32-24)22(27)18-31-23-9-7-6-8-19(23)3/h1,6-9,11,14,20,22,28H,5,10,12-13,15-18H2,2-3H3/t20-,22-/m1/s1. The van der Waals surface area contributed by atoms with Gasteiger partial charge in [-0.25, -0.2) is 0 Å². The molecule has 7 heteroatoms. The van der Waals surface area contributed by atoms with E-state index < -0.39 is 6.10 Å². The van der Waals surface area contributed by atoms with E-state index in [9.17, 15) is 9.90 Å². The molecular weight excluding hydrogens is 424 g/mol. The number of nitrogens with zero attached hydrogens (tertiary/aromatic N) is 2. The van der Waals surface area contributed by atoms with E-state index in [1.165, 1.54) is 10.4 Å². The quantitative estimate of drug-likeness (QED) is 0.416. The molecule has 172 valence electrons. The van der Waals surface area contributed by atoms with E-state index in [2.05, 4.69) is 17.4 Å². The third-order valence-electron chi connectivity index (χ3n) is 5.68. The van der Waals surface area contributed by atoms with Crippen LogP contribution in [0.25, 0.3) is 0 Å². The summed E-state index contributed by atoms with van der Waals surface area (Å²) in [7, 11) is 0. The van der Waals surface area contributed by atoms with Crippen LogP contribution >= 0.6 is 11.3 Å². The molecular formula is C25H32N2O4S. The summed E-state index contributed by atoms with van der Waals surface area (Å²) in [6.07, 6.45) is 5.34. The Kier molecular flexibility index (Phi) is 9.12. The Morgan fingerprint density at radius 2 is 2.22 bits per heavy atom. The highest BCUT2D eigenvalue weighted by Gasteiger charge is 2.33. The molecule has 0 aliphatic carbocycles. The topological polar surface area (TPSA) is 62.2 Å². The predicted molar refractivity (Wildman–Crippen MR) is 127 cm³/mol.